The van der Waals surface area contributed by atoms with Gasteiger partial charge in [-0.2, -0.15) is 11.8 Å². The number of rotatable bonds is 6. The Bertz CT molecular complexity index is 243. The molecule has 0 spiro atoms. The highest BCUT2D eigenvalue weighted by Crippen LogP contribution is 2.32. The van der Waals surface area contributed by atoms with E-state index in [1.165, 1.54) is 0 Å². The molecular formula is C12H24N2O2S. The van der Waals surface area contributed by atoms with Crippen LogP contribution in [0.3, 0.4) is 0 Å². The summed E-state index contributed by atoms with van der Waals surface area (Å²) in [4.78, 5) is 11.8. The maximum Gasteiger partial charge on any atom is 0.236 e. The smallest absolute Gasteiger partial charge is 0.236 e. The quantitative estimate of drug-likeness (QED) is 0.752. The summed E-state index contributed by atoms with van der Waals surface area (Å²) >= 11 is 1.82. The van der Waals surface area contributed by atoms with Crippen LogP contribution in [0, 0.1) is 0 Å². The molecule has 5 heteroatoms. The SMILES string of the molecule is CCCC(N)C(=O)NCC1(SC)CCOCC1. The van der Waals surface area contributed by atoms with Gasteiger partial charge >= 0.3 is 0 Å². The van der Waals surface area contributed by atoms with E-state index in [0.29, 0.717) is 6.54 Å². The van der Waals surface area contributed by atoms with Crippen LogP contribution in [0.25, 0.3) is 0 Å². The predicted octanol–water partition coefficient (Wildman–Crippen LogP) is 1.14. The number of nitrogens with one attached hydrogen (secondary N) is 1. The van der Waals surface area contributed by atoms with Gasteiger partial charge < -0.3 is 15.8 Å². The third kappa shape index (κ3) is 4.48. The number of carbonyl (C=O) groups excluding carboxylic acids is 1. The Morgan fingerprint density at radius 2 is 2.18 bits per heavy atom. The van der Waals surface area contributed by atoms with Crippen LogP contribution in [-0.2, 0) is 9.53 Å². The van der Waals surface area contributed by atoms with E-state index >= 15 is 0 Å². The van der Waals surface area contributed by atoms with Crippen LogP contribution in [0.1, 0.15) is 32.6 Å². The molecule has 0 bridgehead atoms. The van der Waals surface area contributed by atoms with Gasteiger partial charge in [0.25, 0.3) is 0 Å². The van der Waals surface area contributed by atoms with Crippen molar-refractivity contribution in [3.63, 3.8) is 0 Å². The van der Waals surface area contributed by atoms with Crippen molar-refractivity contribution in [2.24, 2.45) is 5.73 Å². The third-order valence-corrected chi connectivity index (χ3v) is 4.78. The van der Waals surface area contributed by atoms with Crippen molar-refractivity contribution in [3.05, 3.63) is 0 Å². The van der Waals surface area contributed by atoms with Crippen molar-refractivity contribution >= 4 is 17.7 Å². The first kappa shape index (κ1) is 14.8. The number of carbonyl (C=O) groups is 1. The van der Waals surface area contributed by atoms with E-state index < -0.39 is 0 Å². The maximum atomic E-state index is 11.8. The van der Waals surface area contributed by atoms with E-state index in [9.17, 15) is 4.79 Å². The minimum atomic E-state index is -0.362. The normalized spacial score (nSPS) is 20.9. The first-order valence-corrected chi connectivity index (χ1v) is 7.52. The van der Waals surface area contributed by atoms with Gasteiger partial charge in [0.15, 0.2) is 0 Å². The summed E-state index contributed by atoms with van der Waals surface area (Å²) < 4.78 is 5.51. The highest BCUT2D eigenvalue weighted by Gasteiger charge is 2.32. The molecule has 1 aliphatic heterocycles. The minimum Gasteiger partial charge on any atom is -0.381 e. The van der Waals surface area contributed by atoms with Gasteiger partial charge in [0.05, 0.1) is 6.04 Å². The van der Waals surface area contributed by atoms with E-state index in [2.05, 4.69) is 11.6 Å². The molecule has 1 amide bonds. The molecule has 1 atom stereocenters. The molecule has 0 aromatic rings. The van der Waals surface area contributed by atoms with E-state index in [4.69, 9.17) is 10.5 Å². The Labute approximate surface area is 108 Å². The first-order valence-electron chi connectivity index (χ1n) is 6.30. The third-order valence-electron chi connectivity index (χ3n) is 3.36. The van der Waals surface area contributed by atoms with Crippen LogP contribution >= 0.6 is 11.8 Å². The van der Waals surface area contributed by atoms with E-state index in [1.54, 1.807) is 0 Å². The second-order valence-electron chi connectivity index (χ2n) is 4.61. The number of hydrogen-bond donors (Lipinski definition) is 2. The predicted molar refractivity (Wildman–Crippen MR) is 72.2 cm³/mol. The second-order valence-corrected chi connectivity index (χ2v) is 5.89. The topological polar surface area (TPSA) is 64.4 Å². The number of nitrogens with two attached hydrogens (primary N) is 1. The largest absolute Gasteiger partial charge is 0.381 e. The lowest BCUT2D eigenvalue weighted by atomic mass is 9.98. The van der Waals surface area contributed by atoms with Gasteiger partial charge in [-0.1, -0.05) is 13.3 Å². The van der Waals surface area contributed by atoms with Crippen molar-refractivity contribution in [2.75, 3.05) is 26.0 Å². The zero-order valence-corrected chi connectivity index (χ0v) is 11.6. The van der Waals surface area contributed by atoms with E-state index in [1.807, 2.05) is 18.7 Å². The fraction of sp³-hybridized carbons (Fsp3) is 0.917. The molecular weight excluding hydrogens is 236 g/mol. The number of amides is 1. The molecule has 4 nitrogen and oxygen atoms in total. The fourth-order valence-electron chi connectivity index (χ4n) is 2.02. The molecule has 100 valence electrons. The van der Waals surface area contributed by atoms with Gasteiger partial charge in [-0.05, 0) is 25.5 Å². The Balaban J connectivity index is 2.39. The van der Waals surface area contributed by atoms with Gasteiger partial charge in [0.2, 0.25) is 5.91 Å². The molecule has 1 heterocycles. The van der Waals surface area contributed by atoms with Crippen molar-refractivity contribution in [1.82, 2.24) is 5.32 Å². The van der Waals surface area contributed by atoms with Crippen LogP contribution in [0.5, 0.6) is 0 Å². The fourth-order valence-corrected chi connectivity index (χ4v) is 2.81. The molecule has 0 radical (unpaired) electrons. The van der Waals surface area contributed by atoms with E-state index in [0.717, 1.165) is 38.9 Å². The molecule has 17 heavy (non-hydrogen) atoms. The Morgan fingerprint density at radius 1 is 1.53 bits per heavy atom. The molecule has 1 saturated heterocycles. The molecule has 1 rings (SSSR count). The monoisotopic (exact) mass is 260 g/mol. The lowest BCUT2D eigenvalue weighted by Gasteiger charge is -2.36. The van der Waals surface area contributed by atoms with E-state index in [-0.39, 0.29) is 16.7 Å². The molecule has 1 unspecified atom stereocenters. The number of thioether (sulfide) groups is 1. The summed E-state index contributed by atoms with van der Waals surface area (Å²) in [5, 5.41) is 2.99. The van der Waals surface area contributed by atoms with Crippen LogP contribution in [0.15, 0.2) is 0 Å². The lowest BCUT2D eigenvalue weighted by molar-refractivity contribution is -0.122. The summed E-state index contributed by atoms with van der Waals surface area (Å²) in [6.07, 6.45) is 5.79. The Morgan fingerprint density at radius 3 is 2.71 bits per heavy atom. The highest BCUT2D eigenvalue weighted by atomic mass is 32.2. The van der Waals surface area contributed by atoms with Crippen molar-refractivity contribution < 1.29 is 9.53 Å². The van der Waals surface area contributed by atoms with Crippen LogP contribution < -0.4 is 11.1 Å². The van der Waals surface area contributed by atoms with Gasteiger partial charge in [-0.15, -0.1) is 0 Å². The second kappa shape index (κ2) is 7.24. The molecule has 1 aliphatic rings. The Hall–Kier alpha value is -0.260. The Kier molecular flexibility index (Phi) is 6.30. The average molecular weight is 260 g/mol. The molecule has 0 aromatic heterocycles. The summed E-state index contributed by atoms with van der Waals surface area (Å²) in [5.41, 5.74) is 5.78. The molecule has 3 N–H and O–H groups in total. The first-order chi connectivity index (χ1) is 8.13. The molecule has 0 aromatic carbocycles. The summed E-state index contributed by atoms with van der Waals surface area (Å²) in [6, 6.07) is -0.362. The summed E-state index contributed by atoms with van der Waals surface area (Å²) in [5.74, 6) is -0.0215. The van der Waals surface area contributed by atoms with Gasteiger partial charge in [-0.25, -0.2) is 0 Å². The summed E-state index contributed by atoms with van der Waals surface area (Å²) in [7, 11) is 0. The molecule has 0 saturated carbocycles. The average Bonchev–Trinajstić information content (AvgIpc) is 2.37. The highest BCUT2D eigenvalue weighted by molar-refractivity contribution is 8.00. The maximum absolute atomic E-state index is 11.8. The van der Waals surface area contributed by atoms with Gasteiger partial charge in [-0.3, -0.25) is 4.79 Å². The number of hydrogen-bond acceptors (Lipinski definition) is 4. The van der Waals surface area contributed by atoms with Gasteiger partial charge in [0, 0.05) is 24.5 Å². The standard InChI is InChI=1S/C12H24N2O2S/c1-3-4-10(13)11(15)14-9-12(17-2)5-7-16-8-6-12/h10H,3-9,13H2,1-2H3,(H,14,15). The summed E-state index contributed by atoms with van der Waals surface area (Å²) in [6.45, 7) is 4.32. The minimum absolute atomic E-state index is 0.0215. The zero-order valence-electron chi connectivity index (χ0n) is 10.8. The molecule has 1 fully saturated rings. The van der Waals surface area contributed by atoms with Crippen LogP contribution in [-0.4, -0.2) is 42.7 Å². The number of ether oxygens (including phenoxy) is 1. The van der Waals surface area contributed by atoms with Crippen LogP contribution in [0.4, 0.5) is 0 Å². The lowest BCUT2D eigenvalue weighted by Crippen LogP contribution is -2.48. The van der Waals surface area contributed by atoms with Crippen molar-refractivity contribution in [1.29, 1.82) is 0 Å². The van der Waals surface area contributed by atoms with Crippen molar-refractivity contribution in [2.45, 2.75) is 43.4 Å². The van der Waals surface area contributed by atoms with Gasteiger partial charge in [0.1, 0.15) is 0 Å². The van der Waals surface area contributed by atoms with Crippen molar-refractivity contribution in [3.8, 4) is 0 Å². The molecule has 0 aliphatic carbocycles. The zero-order chi connectivity index (χ0) is 12.7. The van der Waals surface area contributed by atoms with Crippen LogP contribution in [0.2, 0.25) is 0 Å².